The van der Waals surface area contributed by atoms with Gasteiger partial charge in [0.25, 0.3) is 0 Å². The minimum Gasteiger partial charge on any atom is -0.479 e. The van der Waals surface area contributed by atoms with Crippen molar-refractivity contribution in [2.75, 3.05) is 0 Å². The number of halogens is 2. The first-order valence-corrected chi connectivity index (χ1v) is 6.72. The van der Waals surface area contributed by atoms with Crippen molar-refractivity contribution in [3.8, 4) is 0 Å². The molecule has 98 valence electrons. The molecule has 0 heterocycles. The third kappa shape index (κ3) is 3.31. The summed E-state index contributed by atoms with van der Waals surface area (Å²) in [6.45, 7) is 1.54. The van der Waals surface area contributed by atoms with Crippen molar-refractivity contribution in [3.63, 3.8) is 0 Å². The zero-order chi connectivity index (χ0) is 13.9. The molecule has 2 atom stereocenters. The lowest BCUT2D eigenvalue weighted by Gasteiger charge is -2.12. The number of aliphatic hydroxyl groups is 1. The number of aliphatic hydroxyl groups excluding tert-OH is 1. The molecule has 0 spiro atoms. The molecule has 4 nitrogen and oxygen atoms in total. The van der Waals surface area contributed by atoms with Crippen LogP contribution >= 0.6 is 27.5 Å². The number of ketones is 1. The Labute approximate surface area is 118 Å². The lowest BCUT2D eigenvalue weighted by Crippen LogP contribution is -2.16. The Balaban J connectivity index is 3.25. The van der Waals surface area contributed by atoms with E-state index in [0.29, 0.717) is 16.5 Å². The first-order chi connectivity index (χ1) is 8.38. The SMILES string of the molecule is CC(Cl)C(=O)c1cc(C(O)C(=O)O)ccc1CBr. The summed E-state index contributed by atoms with van der Waals surface area (Å²) >= 11 is 8.98. The van der Waals surface area contributed by atoms with Crippen molar-refractivity contribution in [3.05, 3.63) is 34.9 Å². The number of alkyl halides is 2. The summed E-state index contributed by atoms with van der Waals surface area (Å²) in [5.41, 5.74) is 1.19. The molecule has 1 aromatic rings. The molecular weight excluding hydrogens is 323 g/mol. The van der Waals surface area contributed by atoms with E-state index in [1.165, 1.54) is 12.1 Å². The monoisotopic (exact) mass is 334 g/mol. The fourth-order valence-corrected chi connectivity index (χ4v) is 2.07. The van der Waals surface area contributed by atoms with Gasteiger partial charge in [-0.1, -0.05) is 28.1 Å². The number of hydrogen-bond acceptors (Lipinski definition) is 3. The van der Waals surface area contributed by atoms with Gasteiger partial charge in [-0.05, 0) is 24.1 Å². The van der Waals surface area contributed by atoms with Crippen LogP contribution in [0, 0.1) is 0 Å². The maximum Gasteiger partial charge on any atom is 0.337 e. The number of aliphatic carboxylic acids is 1. The fraction of sp³-hybridized carbons (Fsp3) is 0.333. The number of carboxylic acid groups (broad SMARTS) is 1. The Bertz CT molecular complexity index is 473. The van der Waals surface area contributed by atoms with E-state index in [-0.39, 0.29) is 11.3 Å². The second-order valence-electron chi connectivity index (χ2n) is 3.77. The van der Waals surface area contributed by atoms with Gasteiger partial charge >= 0.3 is 5.97 Å². The molecular formula is C12H12BrClO4. The van der Waals surface area contributed by atoms with Crippen LogP contribution in [0.25, 0.3) is 0 Å². The molecule has 0 saturated heterocycles. The minimum atomic E-state index is -1.65. The molecule has 6 heteroatoms. The number of Topliss-reactive ketones (excluding diaryl/α,β-unsaturated/α-hetero) is 1. The molecule has 0 aliphatic rings. The van der Waals surface area contributed by atoms with Crippen LogP contribution in [0.2, 0.25) is 0 Å². The van der Waals surface area contributed by atoms with Gasteiger partial charge in [0.1, 0.15) is 0 Å². The summed E-state index contributed by atoms with van der Waals surface area (Å²) in [6.07, 6.45) is -1.65. The third-order valence-electron chi connectivity index (χ3n) is 2.45. The normalized spacial score (nSPS) is 14.0. The second kappa shape index (κ2) is 6.31. The van der Waals surface area contributed by atoms with Gasteiger partial charge in [-0.25, -0.2) is 4.79 Å². The maximum absolute atomic E-state index is 11.9. The number of benzene rings is 1. The van der Waals surface area contributed by atoms with E-state index in [2.05, 4.69) is 15.9 Å². The van der Waals surface area contributed by atoms with Crippen molar-refractivity contribution in [2.45, 2.75) is 23.7 Å². The van der Waals surface area contributed by atoms with Gasteiger partial charge in [0.15, 0.2) is 11.9 Å². The van der Waals surface area contributed by atoms with E-state index >= 15 is 0 Å². The molecule has 0 aliphatic heterocycles. The van der Waals surface area contributed by atoms with Gasteiger partial charge in [-0.15, -0.1) is 11.6 Å². The number of carboxylic acids is 1. The molecule has 0 bridgehead atoms. The lowest BCUT2D eigenvalue weighted by molar-refractivity contribution is -0.146. The van der Waals surface area contributed by atoms with Crippen LogP contribution < -0.4 is 0 Å². The van der Waals surface area contributed by atoms with Crippen molar-refractivity contribution >= 4 is 39.3 Å². The van der Waals surface area contributed by atoms with Crippen LogP contribution in [0.5, 0.6) is 0 Å². The van der Waals surface area contributed by atoms with Crippen molar-refractivity contribution < 1.29 is 19.8 Å². The van der Waals surface area contributed by atoms with Crippen molar-refractivity contribution in [2.24, 2.45) is 0 Å². The number of carbonyl (C=O) groups is 2. The van der Waals surface area contributed by atoms with Crippen LogP contribution in [0.15, 0.2) is 18.2 Å². The molecule has 0 radical (unpaired) electrons. The van der Waals surface area contributed by atoms with Crippen molar-refractivity contribution in [1.82, 2.24) is 0 Å². The zero-order valence-corrected chi connectivity index (χ0v) is 11.9. The summed E-state index contributed by atoms with van der Waals surface area (Å²) in [7, 11) is 0. The van der Waals surface area contributed by atoms with Gasteiger partial charge in [0, 0.05) is 10.9 Å². The molecule has 1 rings (SSSR count). The molecule has 2 N–H and O–H groups in total. The zero-order valence-electron chi connectivity index (χ0n) is 9.56. The largest absolute Gasteiger partial charge is 0.479 e. The highest BCUT2D eigenvalue weighted by Gasteiger charge is 2.21. The molecule has 1 aromatic carbocycles. The molecule has 0 saturated carbocycles. The number of hydrogen-bond donors (Lipinski definition) is 2. The predicted molar refractivity (Wildman–Crippen MR) is 71.3 cm³/mol. The van der Waals surface area contributed by atoms with E-state index < -0.39 is 17.5 Å². The Morgan fingerprint density at radius 2 is 2.06 bits per heavy atom. The van der Waals surface area contributed by atoms with Crippen LogP contribution in [0.1, 0.15) is 34.5 Å². The van der Waals surface area contributed by atoms with E-state index in [1.54, 1.807) is 13.0 Å². The van der Waals surface area contributed by atoms with Crippen LogP contribution in [-0.2, 0) is 10.1 Å². The first-order valence-electron chi connectivity index (χ1n) is 5.16. The Morgan fingerprint density at radius 1 is 1.44 bits per heavy atom. The van der Waals surface area contributed by atoms with E-state index in [9.17, 15) is 14.7 Å². The fourth-order valence-electron chi connectivity index (χ4n) is 1.47. The molecule has 2 unspecified atom stereocenters. The van der Waals surface area contributed by atoms with Crippen LogP contribution in [0.4, 0.5) is 0 Å². The van der Waals surface area contributed by atoms with Crippen molar-refractivity contribution in [1.29, 1.82) is 0 Å². The Morgan fingerprint density at radius 3 is 2.50 bits per heavy atom. The average Bonchev–Trinajstić information content (AvgIpc) is 2.35. The smallest absolute Gasteiger partial charge is 0.337 e. The third-order valence-corrected chi connectivity index (χ3v) is 3.26. The van der Waals surface area contributed by atoms with Gasteiger partial charge < -0.3 is 10.2 Å². The lowest BCUT2D eigenvalue weighted by atomic mass is 9.98. The number of carbonyl (C=O) groups excluding carboxylic acids is 1. The summed E-state index contributed by atoms with van der Waals surface area (Å²) in [5.74, 6) is -1.66. The highest BCUT2D eigenvalue weighted by atomic mass is 79.9. The minimum absolute atomic E-state index is 0.160. The number of rotatable bonds is 5. The highest BCUT2D eigenvalue weighted by molar-refractivity contribution is 9.08. The standard InChI is InChI=1S/C12H12BrClO4/c1-6(14)10(15)9-4-7(11(16)12(17)18)2-3-8(9)5-13/h2-4,6,11,16H,5H2,1H3,(H,17,18). The summed E-state index contributed by atoms with van der Waals surface area (Å²) in [5, 5.41) is 17.9. The molecule has 18 heavy (non-hydrogen) atoms. The molecule has 0 fully saturated rings. The van der Waals surface area contributed by atoms with Gasteiger partial charge in [-0.3, -0.25) is 4.79 Å². The Hall–Kier alpha value is -0.910. The van der Waals surface area contributed by atoms with E-state index in [4.69, 9.17) is 16.7 Å². The maximum atomic E-state index is 11.9. The summed E-state index contributed by atoms with van der Waals surface area (Å²) in [6, 6.07) is 4.45. The summed E-state index contributed by atoms with van der Waals surface area (Å²) in [4.78, 5) is 22.6. The van der Waals surface area contributed by atoms with Gasteiger partial charge in [0.05, 0.1) is 5.38 Å². The summed E-state index contributed by atoms with van der Waals surface area (Å²) < 4.78 is 0. The van der Waals surface area contributed by atoms with E-state index in [1.807, 2.05) is 0 Å². The molecule has 0 aromatic heterocycles. The molecule has 0 aliphatic carbocycles. The first kappa shape index (κ1) is 15.1. The highest BCUT2D eigenvalue weighted by Crippen LogP contribution is 2.22. The Kier molecular flexibility index (Phi) is 5.31. The van der Waals surface area contributed by atoms with E-state index in [0.717, 1.165) is 0 Å². The predicted octanol–water partition coefficient (Wildman–Crippen LogP) is 2.51. The average molecular weight is 336 g/mol. The van der Waals surface area contributed by atoms with Gasteiger partial charge in [0.2, 0.25) is 0 Å². The molecule has 0 amide bonds. The quantitative estimate of drug-likeness (QED) is 0.640. The topological polar surface area (TPSA) is 74.6 Å². The van der Waals surface area contributed by atoms with Gasteiger partial charge in [-0.2, -0.15) is 0 Å². The second-order valence-corrected chi connectivity index (χ2v) is 4.99. The van der Waals surface area contributed by atoms with Crippen LogP contribution in [0.3, 0.4) is 0 Å². The van der Waals surface area contributed by atoms with Crippen LogP contribution in [-0.4, -0.2) is 27.3 Å².